The Morgan fingerprint density at radius 2 is 2.00 bits per heavy atom. The summed E-state index contributed by atoms with van der Waals surface area (Å²) >= 11 is 0. The normalized spacial score (nSPS) is 12.9. The van der Waals surface area contributed by atoms with Crippen molar-refractivity contribution in [3.05, 3.63) is 27.2 Å². The molecule has 0 amide bonds. The van der Waals surface area contributed by atoms with E-state index in [0.717, 1.165) is 19.4 Å². The molecule has 122 valence electrons. The number of aliphatic hydroxyl groups is 1. The highest BCUT2D eigenvalue weighted by Crippen LogP contribution is 2.07. The van der Waals surface area contributed by atoms with E-state index in [1.807, 2.05) is 11.5 Å². The van der Waals surface area contributed by atoms with Crippen LogP contribution in [-0.2, 0) is 20.1 Å². The van der Waals surface area contributed by atoms with E-state index in [4.69, 9.17) is 0 Å². The molecule has 0 aromatic carbocycles. The summed E-state index contributed by atoms with van der Waals surface area (Å²) in [6.45, 7) is 4.85. The molecule has 2 heterocycles. The van der Waals surface area contributed by atoms with Crippen molar-refractivity contribution in [3.63, 3.8) is 0 Å². The SMILES string of the molecule is CCCn1cnc2c(=O)n(CCCCC(C)O)c(=O)n(C)c21. The van der Waals surface area contributed by atoms with E-state index in [1.165, 1.54) is 9.13 Å². The molecule has 0 aliphatic heterocycles. The monoisotopic (exact) mass is 308 g/mol. The van der Waals surface area contributed by atoms with Crippen LogP contribution in [0.25, 0.3) is 11.2 Å². The minimum absolute atomic E-state index is 0.313. The zero-order valence-corrected chi connectivity index (χ0v) is 13.4. The maximum absolute atomic E-state index is 12.5. The fraction of sp³-hybridized carbons (Fsp3) is 0.667. The summed E-state index contributed by atoms with van der Waals surface area (Å²) in [5.41, 5.74) is 0.278. The highest BCUT2D eigenvalue weighted by Gasteiger charge is 2.15. The molecule has 0 saturated carbocycles. The van der Waals surface area contributed by atoms with Gasteiger partial charge in [-0.15, -0.1) is 0 Å². The molecule has 2 aromatic heterocycles. The lowest BCUT2D eigenvalue weighted by Crippen LogP contribution is -2.39. The molecule has 0 aliphatic rings. The first-order chi connectivity index (χ1) is 10.5. The van der Waals surface area contributed by atoms with Crippen molar-refractivity contribution in [1.29, 1.82) is 0 Å². The number of nitrogens with zero attached hydrogens (tertiary/aromatic N) is 4. The zero-order valence-electron chi connectivity index (χ0n) is 13.4. The van der Waals surface area contributed by atoms with Crippen molar-refractivity contribution in [2.45, 2.75) is 58.7 Å². The van der Waals surface area contributed by atoms with Crippen LogP contribution in [0.2, 0.25) is 0 Å². The molecule has 0 aliphatic carbocycles. The predicted molar refractivity (Wildman–Crippen MR) is 85.1 cm³/mol. The second-order valence-corrected chi connectivity index (χ2v) is 5.75. The van der Waals surface area contributed by atoms with E-state index in [-0.39, 0.29) is 17.4 Å². The van der Waals surface area contributed by atoms with Gasteiger partial charge in [-0.2, -0.15) is 0 Å². The summed E-state index contributed by atoms with van der Waals surface area (Å²) in [7, 11) is 1.67. The third-order valence-electron chi connectivity index (χ3n) is 3.81. The van der Waals surface area contributed by atoms with Crippen molar-refractivity contribution in [2.24, 2.45) is 7.05 Å². The van der Waals surface area contributed by atoms with Crippen LogP contribution < -0.4 is 11.2 Å². The average Bonchev–Trinajstić information content (AvgIpc) is 2.88. The molecule has 2 aromatic rings. The van der Waals surface area contributed by atoms with E-state index in [1.54, 1.807) is 20.3 Å². The van der Waals surface area contributed by atoms with Crippen molar-refractivity contribution in [1.82, 2.24) is 18.7 Å². The Hall–Kier alpha value is -1.89. The Morgan fingerprint density at radius 1 is 1.27 bits per heavy atom. The molecule has 22 heavy (non-hydrogen) atoms. The fourth-order valence-corrected chi connectivity index (χ4v) is 2.68. The molecule has 0 saturated heterocycles. The molecule has 2 rings (SSSR count). The van der Waals surface area contributed by atoms with E-state index in [0.29, 0.717) is 30.6 Å². The minimum atomic E-state index is -0.355. The summed E-state index contributed by atoms with van der Waals surface area (Å²) in [6, 6.07) is 0. The molecule has 0 radical (unpaired) electrons. The van der Waals surface area contributed by atoms with Crippen LogP contribution in [0.5, 0.6) is 0 Å². The van der Waals surface area contributed by atoms with Crippen LogP contribution in [0.3, 0.4) is 0 Å². The zero-order chi connectivity index (χ0) is 16.3. The van der Waals surface area contributed by atoms with Crippen LogP contribution in [0, 0.1) is 0 Å². The number of imidazole rings is 1. The first kappa shape index (κ1) is 16.5. The summed E-state index contributed by atoms with van der Waals surface area (Å²) in [5, 5.41) is 9.25. The van der Waals surface area contributed by atoms with Gasteiger partial charge in [0.25, 0.3) is 5.56 Å². The largest absolute Gasteiger partial charge is 0.393 e. The quantitative estimate of drug-likeness (QED) is 0.769. The van der Waals surface area contributed by atoms with Gasteiger partial charge in [0, 0.05) is 20.1 Å². The third kappa shape index (κ3) is 3.14. The number of aliphatic hydroxyl groups excluding tert-OH is 1. The van der Waals surface area contributed by atoms with Gasteiger partial charge in [0.05, 0.1) is 12.4 Å². The maximum Gasteiger partial charge on any atom is 0.332 e. The van der Waals surface area contributed by atoms with Gasteiger partial charge in [-0.1, -0.05) is 6.92 Å². The second kappa shape index (κ2) is 6.91. The Labute approximate surface area is 128 Å². The Bertz CT molecular complexity index is 754. The van der Waals surface area contributed by atoms with Crippen LogP contribution in [0.1, 0.15) is 39.5 Å². The molecule has 7 heteroatoms. The number of aryl methyl sites for hydroxylation is 2. The first-order valence-electron chi connectivity index (χ1n) is 7.80. The highest BCUT2D eigenvalue weighted by atomic mass is 16.3. The number of fused-ring (bicyclic) bond motifs is 1. The average molecular weight is 308 g/mol. The number of unbranched alkanes of at least 4 members (excludes halogenated alkanes) is 1. The summed E-state index contributed by atoms with van der Waals surface area (Å²) in [4.78, 5) is 29.1. The first-order valence-corrected chi connectivity index (χ1v) is 7.80. The minimum Gasteiger partial charge on any atom is -0.393 e. The summed E-state index contributed by atoms with van der Waals surface area (Å²) in [5.74, 6) is 0. The van der Waals surface area contributed by atoms with E-state index in [2.05, 4.69) is 4.98 Å². The van der Waals surface area contributed by atoms with E-state index < -0.39 is 0 Å². The molecular weight excluding hydrogens is 284 g/mol. The molecule has 1 atom stereocenters. The van der Waals surface area contributed by atoms with Gasteiger partial charge in [-0.25, -0.2) is 9.78 Å². The molecule has 0 bridgehead atoms. The standard InChI is InChI=1S/C15H24N4O3/c1-4-8-18-10-16-12-13(18)17(3)15(22)19(14(12)21)9-6-5-7-11(2)20/h10-11,20H,4-9H2,1-3H3. The van der Waals surface area contributed by atoms with Crippen molar-refractivity contribution in [3.8, 4) is 0 Å². The molecule has 1 N–H and O–H groups in total. The Balaban J connectivity index is 2.37. The van der Waals surface area contributed by atoms with E-state index >= 15 is 0 Å². The van der Waals surface area contributed by atoms with Gasteiger partial charge in [-0.05, 0) is 32.6 Å². The number of hydrogen-bond acceptors (Lipinski definition) is 4. The van der Waals surface area contributed by atoms with Gasteiger partial charge < -0.3 is 9.67 Å². The lowest BCUT2D eigenvalue weighted by Gasteiger charge is -2.10. The molecule has 0 spiro atoms. The van der Waals surface area contributed by atoms with Crippen LogP contribution in [-0.4, -0.2) is 29.9 Å². The van der Waals surface area contributed by atoms with Crippen LogP contribution in [0.15, 0.2) is 15.9 Å². The number of aromatic nitrogens is 4. The maximum atomic E-state index is 12.5. The summed E-state index contributed by atoms with van der Waals surface area (Å²) in [6.07, 6.45) is 4.29. The number of hydrogen-bond donors (Lipinski definition) is 1. The third-order valence-corrected chi connectivity index (χ3v) is 3.81. The highest BCUT2D eigenvalue weighted by molar-refractivity contribution is 5.69. The van der Waals surface area contributed by atoms with Gasteiger partial charge >= 0.3 is 5.69 Å². The van der Waals surface area contributed by atoms with Gasteiger partial charge in [0.15, 0.2) is 5.52 Å². The second-order valence-electron chi connectivity index (χ2n) is 5.75. The number of rotatable bonds is 7. The van der Waals surface area contributed by atoms with Gasteiger partial charge in [0.2, 0.25) is 0 Å². The molecule has 1 unspecified atom stereocenters. The lowest BCUT2D eigenvalue weighted by atomic mass is 10.2. The van der Waals surface area contributed by atoms with Gasteiger partial charge in [0.1, 0.15) is 5.65 Å². The predicted octanol–water partition coefficient (Wildman–Crippen LogP) is 0.858. The van der Waals surface area contributed by atoms with E-state index in [9.17, 15) is 14.7 Å². The van der Waals surface area contributed by atoms with Crippen LogP contribution >= 0.6 is 0 Å². The smallest absolute Gasteiger partial charge is 0.332 e. The topological polar surface area (TPSA) is 82.1 Å². The van der Waals surface area contributed by atoms with Crippen LogP contribution in [0.4, 0.5) is 0 Å². The Kier molecular flexibility index (Phi) is 5.18. The molecular formula is C15H24N4O3. The summed E-state index contributed by atoms with van der Waals surface area (Å²) < 4.78 is 4.58. The fourth-order valence-electron chi connectivity index (χ4n) is 2.68. The van der Waals surface area contributed by atoms with Crippen molar-refractivity contribution >= 4 is 11.2 Å². The van der Waals surface area contributed by atoms with Crippen molar-refractivity contribution < 1.29 is 5.11 Å². The van der Waals surface area contributed by atoms with Gasteiger partial charge in [-0.3, -0.25) is 13.9 Å². The lowest BCUT2D eigenvalue weighted by molar-refractivity contribution is 0.180. The Morgan fingerprint density at radius 3 is 2.64 bits per heavy atom. The van der Waals surface area contributed by atoms with Crippen molar-refractivity contribution in [2.75, 3.05) is 0 Å². The molecule has 0 fully saturated rings. The molecule has 7 nitrogen and oxygen atoms in total.